The van der Waals surface area contributed by atoms with E-state index in [4.69, 9.17) is 23.7 Å². The molecule has 2 aliphatic heterocycles. The average Bonchev–Trinajstić information content (AvgIpc) is 3.68. The molecular formula is C41H56N2O11. The molecule has 5 aliphatic carbocycles. The van der Waals surface area contributed by atoms with Gasteiger partial charge in [0.1, 0.15) is 17.3 Å². The van der Waals surface area contributed by atoms with E-state index in [2.05, 4.69) is 4.90 Å². The van der Waals surface area contributed by atoms with Crippen molar-refractivity contribution >= 4 is 29.4 Å². The van der Waals surface area contributed by atoms with Crippen molar-refractivity contribution in [3.8, 4) is 0 Å². The molecule has 5 saturated carbocycles. The van der Waals surface area contributed by atoms with Gasteiger partial charge in [-0.05, 0) is 50.3 Å². The molecule has 7 fully saturated rings. The van der Waals surface area contributed by atoms with Gasteiger partial charge in [-0.1, -0.05) is 39.8 Å². The summed E-state index contributed by atoms with van der Waals surface area (Å²) in [7, 11) is 4.89. The van der Waals surface area contributed by atoms with E-state index in [1.165, 1.54) is 0 Å². The van der Waals surface area contributed by atoms with Gasteiger partial charge in [-0.25, -0.2) is 9.69 Å². The van der Waals surface area contributed by atoms with Crippen LogP contribution in [0.25, 0.3) is 0 Å². The maximum atomic E-state index is 14.2. The lowest BCUT2D eigenvalue weighted by atomic mass is 9.42. The van der Waals surface area contributed by atoms with Gasteiger partial charge in [-0.3, -0.25) is 19.3 Å². The van der Waals surface area contributed by atoms with Crippen LogP contribution >= 0.6 is 0 Å². The van der Waals surface area contributed by atoms with Crippen LogP contribution in [0.1, 0.15) is 76.6 Å². The highest BCUT2D eigenvalue weighted by atomic mass is 16.6. The first-order valence-electron chi connectivity index (χ1n) is 19.9. The molecule has 2 heterocycles. The summed E-state index contributed by atoms with van der Waals surface area (Å²) in [6.07, 6.45) is 0.272. The highest BCUT2D eigenvalue weighted by molar-refractivity contribution is 6.22. The lowest BCUT2D eigenvalue weighted by Crippen LogP contribution is -2.82. The number of fused-ring (bicyclic) bond motifs is 2. The zero-order chi connectivity index (χ0) is 38.7. The number of hydrogen-bond donors (Lipinski definition) is 2. The molecule has 13 heteroatoms. The van der Waals surface area contributed by atoms with Gasteiger partial charge in [0.15, 0.2) is 0 Å². The van der Waals surface area contributed by atoms with E-state index in [0.717, 1.165) is 4.90 Å². The number of benzene rings is 1. The highest BCUT2D eigenvalue weighted by Crippen LogP contribution is 2.80. The standard InChI is InChI=1S/C41H56N2O11/c1-8-21(3)35(46)54-31-24-17-25-30(31)39(48,18-27(24)50-5)41(49)33(52-7)32-38(15-14-28(51-6)40(25,32)37(41)42(9-2)19-38)20-53-36(47)23-12-10-11-13-26(23)43-29(44)16-22(4)34(43)45/h10-13,21-22,24-25,27-28,30-33,37,48-49H,8-9,14-20H2,1-7H3/t21-,22-,24+,25+,27-,28-,30+,31-,32+,33-,37-,38-,39+,40-,41-/m0/s1. The summed E-state index contributed by atoms with van der Waals surface area (Å²) in [6, 6.07) is 5.96. The number of rotatable bonds is 11. The Hall–Kier alpha value is -2.94. The zero-order valence-electron chi connectivity index (χ0n) is 32.5. The summed E-state index contributed by atoms with van der Waals surface area (Å²) in [5.74, 6) is -3.98. The van der Waals surface area contributed by atoms with E-state index in [-0.39, 0.29) is 72.3 Å². The molecule has 1 spiro atoms. The fourth-order valence-corrected chi connectivity index (χ4v) is 13.4. The van der Waals surface area contributed by atoms with Gasteiger partial charge in [-0.2, -0.15) is 0 Å². The maximum Gasteiger partial charge on any atom is 0.340 e. The minimum Gasteiger partial charge on any atom is -0.461 e. The first-order valence-corrected chi connectivity index (χ1v) is 19.9. The molecule has 1 aromatic rings. The third kappa shape index (κ3) is 4.59. The number of esters is 2. The Morgan fingerprint density at radius 2 is 1.80 bits per heavy atom. The molecule has 54 heavy (non-hydrogen) atoms. The smallest absolute Gasteiger partial charge is 0.340 e. The molecule has 296 valence electrons. The van der Waals surface area contributed by atoms with Crippen molar-refractivity contribution in [2.45, 2.75) is 108 Å². The van der Waals surface area contributed by atoms with Crippen molar-refractivity contribution in [1.29, 1.82) is 0 Å². The Balaban J connectivity index is 1.23. The van der Waals surface area contributed by atoms with Crippen LogP contribution in [0.15, 0.2) is 24.3 Å². The number of nitrogens with zero attached hydrogens (tertiary/aromatic N) is 2. The molecule has 15 atom stereocenters. The zero-order valence-corrected chi connectivity index (χ0v) is 32.5. The molecule has 8 rings (SSSR count). The summed E-state index contributed by atoms with van der Waals surface area (Å²) in [5, 5.41) is 27.1. The van der Waals surface area contributed by atoms with Crippen LogP contribution in [0, 0.1) is 46.3 Å². The number of para-hydroxylation sites is 1. The van der Waals surface area contributed by atoms with E-state index < -0.39 is 70.1 Å². The number of aliphatic hydroxyl groups is 2. The molecule has 2 saturated heterocycles. The minimum atomic E-state index is -1.83. The highest BCUT2D eigenvalue weighted by Gasteiger charge is 2.92. The fraction of sp³-hybridized carbons (Fsp3) is 0.756. The molecule has 13 nitrogen and oxygen atoms in total. The van der Waals surface area contributed by atoms with Gasteiger partial charge >= 0.3 is 11.9 Å². The molecule has 0 radical (unpaired) electrons. The molecule has 1 aromatic carbocycles. The Kier molecular flexibility index (Phi) is 9.18. The predicted molar refractivity (Wildman–Crippen MR) is 193 cm³/mol. The van der Waals surface area contributed by atoms with Gasteiger partial charge in [0.25, 0.3) is 0 Å². The normalized spacial score (nSPS) is 45.1. The number of ether oxygens (including phenoxy) is 5. The van der Waals surface area contributed by atoms with Crippen LogP contribution in [0.4, 0.5) is 5.69 Å². The van der Waals surface area contributed by atoms with E-state index in [1.807, 2.05) is 20.8 Å². The van der Waals surface area contributed by atoms with Crippen molar-refractivity contribution in [2.24, 2.45) is 46.3 Å². The molecule has 0 unspecified atom stereocenters. The third-order valence-electron chi connectivity index (χ3n) is 15.5. The first kappa shape index (κ1) is 38.0. The third-order valence-corrected chi connectivity index (χ3v) is 15.5. The van der Waals surface area contributed by atoms with Gasteiger partial charge < -0.3 is 33.9 Å². The summed E-state index contributed by atoms with van der Waals surface area (Å²) in [6.45, 7) is 8.52. The van der Waals surface area contributed by atoms with Crippen LogP contribution in [0.2, 0.25) is 0 Å². The van der Waals surface area contributed by atoms with Crippen molar-refractivity contribution in [2.75, 3.05) is 45.9 Å². The second-order valence-electron chi connectivity index (χ2n) is 17.5. The van der Waals surface area contributed by atoms with Crippen molar-refractivity contribution < 1.29 is 53.1 Å². The number of likely N-dealkylation sites (tertiary alicyclic amines) is 1. The molecule has 7 aliphatic rings. The van der Waals surface area contributed by atoms with E-state index in [0.29, 0.717) is 38.8 Å². The second kappa shape index (κ2) is 13.1. The van der Waals surface area contributed by atoms with Crippen molar-refractivity contribution in [3.63, 3.8) is 0 Å². The largest absolute Gasteiger partial charge is 0.461 e. The second-order valence-corrected chi connectivity index (χ2v) is 17.5. The predicted octanol–water partition coefficient (Wildman–Crippen LogP) is 2.98. The van der Waals surface area contributed by atoms with Crippen LogP contribution in [0.5, 0.6) is 0 Å². The van der Waals surface area contributed by atoms with E-state index in [1.54, 1.807) is 52.5 Å². The van der Waals surface area contributed by atoms with Crippen molar-refractivity contribution in [3.05, 3.63) is 29.8 Å². The first-order chi connectivity index (χ1) is 25.7. The summed E-state index contributed by atoms with van der Waals surface area (Å²) in [4.78, 5) is 57.0. The summed E-state index contributed by atoms with van der Waals surface area (Å²) >= 11 is 0. The van der Waals surface area contributed by atoms with E-state index >= 15 is 0 Å². The fourth-order valence-electron chi connectivity index (χ4n) is 13.4. The Morgan fingerprint density at radius 1 is 1.06 bits per heavy atom. The quantitative estimate of drug-likeness (QED) is 0.252. The molecule has 2 N–H and O–H groups in total. The number of amides is 2. The van der Waals surface area contributed by atoms with E-state index in [9.17, 15) is 29.4 Å². The number of carbonyl (C=O) groups is 4. The number of hydrogen-bond acceptors (Lipinski definition) is 12. The van der Waals surface area contributed by atoms with Gasteiger partial charge in [0.2, 0.25) is 11.8 Å². The number of anilines is 1. The van der Waals surface area contributed by atoms with Gasteiger partial charge in [0.05, 0.1) is 48.1 Å². The number of imide groups is 1. The van der Waals surface area contributed by atoms with Gasteiger partial charge in [0, 0.05) is 75.2 Å². The number of piperidine rings is 1. The van der Waals surface area contributed by atoms with Crippen molar-refractivity contribution in [1.82, 2.24) is 4.90 Å². The number of likely N-dealkylation sites (N-methyl/N-ethyl adjacent to an activating group) is 1. The molecule has 7 bridgehead atoms. The van der Waals surface area contributed by atoms with Crippen LogP contribution in [-0.4, -0.2) is 122 Å². The Morgan fingerprint density at radius 3 is 2.43 bits per heavy atom. The van der Waals surface area contributed by atoms with Crippen LogP contribution in [-0.2, 0) is 38.1 Å². The minimum absolute atomic E-state index is 0.0210. The van der Waals surface area contributed by atoms with Crippen LogP contribution in [0.3, 0.4) is 0 Å². The Labute approximate surface area is 316 Å². The SMILES string of the molecule is CC[C@H](C)C(=O)O[C@H]1[C@@H]2C[C@@H]3[C@H]1[C@](O)(C[C@@H]2OC)[C@]1(O)[C@@H](OC)[C@@H]2[C@@]4(COC(=O)c5ccccc5N5C(=O)C[C@H](C)C5=O)CC[C@H](OC)[C@@]32[C@@H]1N(CC)C4. The summed E-state index contributed by atoms with van der Waals surface area (Å²) < 4.78 is 31.7. The summed E-state index contributed by atoms with van der Waals surface area (Å²) in [5.41, 5.74) is -4.76. The maximum absolute atomic E-state index is 14.2. The Bertz CT molecular complexity index is 1720. The number of methoxy groups -OCH3 is 3. The number of carbonyl (C=O) groups excluding carboxylic acids is 4. The lowest BCUT2D eigenvalue weighted by molar-refractivity contribution is -0.319. The topological polar surface area (TPSA) is 161 Å². The molecular weight excluding hydrogens is 696 g/mol. The molecule has 0 aromatic heterocycles. The lowest BCUT2D eigenvalue weighted by Gasteiger charge is -2.70. The molecule has 2 amide bonds. The average molecular weight is 753 g/mol. The monoisotopic (exact) mass is 752 g/mol. The van der Waals surface area contributed by atoms with Crippen LogP contribution < -0.4 is 4.90 Å². The van der Waals surface area contributed by atoms with Gasteiger partial charge in [-0.15, -0.1) is 0 Å².